The van der Waals surface area contributed by atoms with Crippen LogP contribution in [0.5, 0.6) is 23.0 Å². The molecule has 0 radical (unpaired) electrons. The predicted octanol–water partition coefficient (Wildman–Crippen LogP) is 1.68. The zero-order valence-electron chi connectivity index (χ0n) is 9.84. The van der Waals surface area contributed by atoms with E-state index in [0.29, 0.717) is 28.6 Å². The summed E-state index contributed by atoms with van der Waals surface area (Å²) in [5, 5.41) is 10.4. The van der Waals surface area contributed by atoms with Gasteiger partial charge in [-0.25, -0.2) is 0 Å². The predicted molar refractivity (Wildman–Crippen MR) is 61.7 cm³/mol. The Bertz CT molecular complexity index is 511. The first-order valence-electron chi connectivity index (χ1n) is 5.03. The van der Waals surface area contributed by atoms with Crippen LogP contribution in [0.1, 0.15) is 5.56 Å². The van der Waals surface area contributed by atoms with Gasteiger partial charge in [0.15, 0.2) is 11.5 Å². The van der Waals surface area contributed by atoms with Crippen molar-refractivity contribution in [2.24, 2.45) is 0 Å². The van der Waals surface area contributed by atoms with E-state index < -0.39 is 4.92 Å². The quantitative estimate of drug-likeness (QED) is 0.600. The Kier molecular flexibility index (Phi) is 3.22. The molecule has 0 saturated heterocycles. The normalized spacial score (nSPS) is 12.8. The van der Waals surface area contributed by atoms with Crippen LogP contribution in [-0.4, -0.2) is 25.9 Å². The SMILES string of the molecule is COc1cc(/C=C/[N+](=O)[O-])c(OC)c2c1OCO2. The Balaban J connectivity index is 2.55. The second-order valence-electron chi connectivity index (χ2n) is 3.37. The maximum atomic E-state index is 10.4. The minimum absolute atomic E-state index is 0.0600. The Morgan fingerprint density at radius 3 is 2.67 bits per heavy atom. The molecule has 0 saturated carbocycles. The Labute approximate surface area is 103 Å². The molecule has 18 heavy (non-hydrogen) atoms. The molecule has 0 N–H and O–H groups in total. The lowest BCUT2D eigenvalue weighted by atomic mass is 10.1. The zero-order chi connectivity index (χ0) is 13.1. The molecule has 7 nitrogen and oxygen atoms in total. The fourth-order valence-electron chi connectivity index (χ4n) is 1.66. The number of hydrogen-bond acceptors (Lipinski definition) is 6. The van der Waals surface area contributed by atoms with Gasteiger partial charge < -0.3 is 18.9 Å². The topological polar surface area (TPSA) is 80.1 Å². The smallest absolute Gasteiger partial charge is 0.235 e. The molecule has 2 rings (SSSR count). The summed E-state index contributed by atoms with van der Waals surface area (Å²) in [5.74, 6) is 1.64. The van der Waals surface area contributed by atoms with E-state index in [9.17, 15) is 10.1 Å². The molecule has 96 valence electrons. The van der Waals surface area contributed by atoms with Crippen molar-refractivity contribution in [1.82, 2.24) is 0 Å². The fourth-order valence-corrected chi connectivity index (χ4v) is 1.66. The van der Waals surface area contributed by atoms with Gasteiger partial charge in [-0.1, -0.05) is 0 Å². The summed E-state index contributed by atoms with van der Waals surface area (Å²) < 4.78 is 20.9. The molecule has 1 aliphatic rings. The van der Waals surface area contributed by atoms with Crippen LogP contribution in [0.4, 0.5) is 0 Å². The van der Waals surface area contributed by atoms with Gasteiger partial charge in [-0.05, 0) is 6.07 Å². The van der Waals surface area contributed by atoms with E-state index in [2.05, 4.69) is 0 Å². The molecule has 7 heteroatoms. The van der Waals surface area contributed by atoms with Crippen LogP contribution in [0.15, 0.2) is 12.3 Å². The third kappa shape index (κ3) is 2.02. The molecule has 1 heterocycles. The minimum atomic E-state index is -0.559. The van der Waals surface area contributed by atoms with Crippen molar-refractivity contribution in [3.05, 3.63) is 27.9 Å². The zero-order valence-corrected chi connectivity index (χ0v) is 9.84. The molecule has 0 aromatic heterocycles. The van der Waals surface area contributed by atoms with Crippen molar-refractivity contribution in [3.8, 4) is 23.0 Å². The highest BCUT2D eigenvalue weighted by Crippen LogP contribution is 2.49. The molecule has 0 aliphatic carbocycles. The van der Waals surface area contributed by atoms with Crippen molar-refractivity contribution in [2.45, 2.75) is 0 Å². The number of rotatable bonds is 4. The molecular formula is C11H11NO6. The van der Waals surface area contributed by atoms with Gasteiger partial charge in [-0.2, -0.15) is 0 Å². The van der Waals surface area contributed by atoms with E-state index in [1.807, 2.05) is 0 Å². The van der Waals surface area contributed by atoms with Gasteiger partial charge in [0, 0.05) is 11.6 Å². The van der Waals surface area contributed by atoms with E-state index in [1.54, 1.807) is 6.07 Å². The lowest BCUT2D eigenvalue weighted by molar-refractivity contribution is -0.400. The number of ether oxygens (including phenoxy) is 4. The summed E-state index contributed by atoms with van der Waals surface area (Å²) in [4.78, 5) is 9.79. The third-order valence-corrected chi connectivity index (χ3v) is 2.39. The summed E-state index contributed by atoms with van der Waals surface area (Å²) in [6, 6.07) is 1.59. The highest BCUT2D eigenvalue weighted by atomic mass is 16.7. The van der Waals surface area contributed by atoms with Crippen molar-refractivity contribution < 1.29 is 23.9 Å². The number of benzene rings is 1. The molecular weight excluding hydrogens is 242 g/mol. The van der Waals surface area contributed by atoms with Crippen molar-refractivity contribution >= 4 is 6.08 Å². The molecule has 0 atom stereocenters. The maximum absolute atomic E-state index is 10.4. The average molecular weight is 253 g/mol. The van der Waals surface area contributed by atoms with Gasteiger partial charge in [0.25, 0.3) is 0 Å². The lowest BCUT2D eigenvalue weighted by Crippen LogP contribution is -1.94. The first kappa shape index (κ1) is 12.0. The van der Waals surface area contributed by atoms with Gasteiger partial charge in [0.05, 0.1) is 19.1 Å². The van der Waals surface area contributed by atoms with Crippen LogP contribution in [0.25, 0.3) is 6.08 Å². The van der Waals surface area contributed by atoms with Crippen LogP contribution in [0.2, 0.25) is 0 Å². The summed E-state index contributed by atoms with van der Waals surface area (Å²) in [7, 11) is 2.93. The number of hydrogen-bond donors (Lipinski definition) is 0. The molecule has 0 amide bonds. The van der Waals surface area contributed by atoms with Crippen molar-refractivity contribution in [3.63, 3.8) is 0 Å². The van der Waals surface area contributed by atoms with Crippen molar-refractivity contribution in [2.75, 3.05) is 21.0 Å². The number of nitrogens with zero attached hydrogens (tertiary/aromatic N) is 1. The minimum Gasteiger partial charge on any atom is -0.493 e. The molecule has 0 unspecified atom stereocenters. The standard InChI is InChI=1S/C11H11NO6/c1-15-8-5-7(3-4-12(13)14)9(16-2)11-10(8)17-6-18-11/h3-5H,6H2,1-2H3/b4-3+. The number of methoxy groups -OCH3 is 2. The van der Waals surface area contributed by atoms with Crippen molar-refractivity contribution in [1.29, 1.82) is 0 Å². The summed E-state index contributed by atoms with van der Waals surface area (Å²) >= 11 is 0. The second kappa shape index (κ2) is 4.82. The first-order chi connectivity index (χ1) is 8.67. The van der Waals surface area contributed by atoms with E-state index in [4.69, 9.17) is 18.9 Å². The maximum Gasteiger partial charge on any atom is 0.235 e. The van der Waals surface area contributed by atoms with E-state index in [-0.39, 0.29) is 6.79 Å². The fraction of sp³-hybridized carbons (Fsp3) is 0.273. The molecule has 0 spiro atoms. The van der Waals surface area contributed by atoms with Crippen LogP contribution >= 0.6 is 0 Å². The highest BCUT2D eigenvalue weighted by molar-refractivity contribution is 5.71. The molecule has 0 fully saturated rings. The largest absolute Gasteiger partial charge is 0.493 e. The monoisotopic (exact) mass is 253 g/mol. The van der Waals surface area contributed by atoms with E-state index in [1.165, 1.54) is 20.3 Å². The molecule has 0 bridgehead atoms. The Morgan fingerprint density at radius 2 is 2.06 bits per heavy atom. The summed E-state index contributed by atoms with van der Waals surface area (Å²) in [5.41, 5.74) is 0.482. The summed E-state index contributed by atoms with van der Waals surface area (Å²) in [6.07, 6.45) is 2.13. The van der Waals surface area contributed by atoms with Gasteiger partial charge in [0.1, 0.15) is 0 Å². The average Bonchev–Trinajstić information content (AvgIpc) is 2.83. The van der Waals surface area contributed by atoms with Crippen LogP contribution in [-0.2, 0) is 0 Å². The number of fused-ring (bicyclic) bond motifs is 1. The molecule has 1 aliphatic heterocycles. The van der Waals surface area contributed by atoms with Gasteiger partial charge >= 0.3 is 0 Å². The Morgan fingerprint density at radius 1 is 1.33 bits per heavy atom. The van der Waals surface area contributed by atoms with Crippen LogP contribution < -0.4 is 18.9 Å². The van der Waals surface area contributed by atoms with Gasteiger partial charge in [-0.15, -0.1) is 0 Å². The van der Waals surface area contributed by atoms with E-state index in [0.717, 1.165) is 6.20 Å². The molecule has 1 aromatic rings. The van der Waals surface area contributed by atoms with Gasteiger partial charge in [-0.3, -0.25) is 10.1 Å². The second-order valence-corrected chi connectivity index (χ2v) is 3.37. The number of nitro groups is 1. The third-order valence-electron chi connectivity index (χ3n) is 2.39. The van der Waals surface area contributed by atoms with Crippen LogP contribution in [0.3, 0.4) is 0 Å². The first-order valence-corrected chi connectivity index (χ1v) is 5.03. The lowest BCUT2D eigenvalue weighted by Gasteiger charge is -2.11. The molecule has 1 aromatic carbocycles. The highest BCUT2D eigenvalue weighted by Gasteiger charge is 2.26. The van der Waals surface area contributed by atoms with E-state index >= 15 is 0 Å². The van der Waals surface area contributed by atoms with Gasteiger partial charge in [0.2, 0.25) is 24.5 Å². The summed E-state index contributed by atoms with van der Waals surface area (Å²) in [6.45, 7) is 0.0600. The Hall–Kier alpha value is -2.44. The van der Waals surface area contributed by atoms with Crippen LogP contribution in [0, 0.1) is 10.1 Å².